The summed E-state index contributed by atoms with van der Waals surface area (Å²) in [5, 5.41) is 2.77. The van der Waals surface area contributed by atoms with Crippen LogP contribution in [0.5, 0.6) is 5.75 Å². The topological polar surface area (TPSA) is 73.6 Å². The van der Waals surface area contributed by atoms with E-state index in [9.17, 15) is 4.79 Å². The molecule has 0 bridgehead atoms. The Morgan fingerprint density at radius 2 is 2.29 bits per heavy atom. The normalized spacial score (nSPS) is 10.5. The third-order valence-electron chi connectivity index (χ3n) is 2.64. The summed E-state index contributed by atoms with van der Waals surface area (Å²) in [7, 11) is 1.63. The Morgan fingerprint density at radius 3 is 2.95 bits per heavy atom. The molecule has 0 unspecified atom stereocenters. The number of rotatable bonds is 9. The van der Waals surface area contributed by atoms with Crippen molar-refractivity contribution in [1.82, 2.24) is 5.32 Å². The number of carbonyl (C=O) groups excluding carboxylic acids is 1. The highest BCUT2D eigenvalue weighted by molar-refractivity contribution is 5.91. The van der Waals surface area contributed by atoms with Gasteiger partial charge in [-0.05, 0) is 30.2 Å². The first-order valence-electron chi connectivity index (χ1n) is 6.75. The van der Waals surface area contributed by atoms with Gasteiger partial charge in [-0.2, -0.15) is 0 Å². The molecule has 0 atom stereocenters. The Morgan fingerprint density at radius 1 is 1.48 bits per heavy atom. The van der Waals surface area contributed by atoms with Crippen molar-refractivity contribution in [3.8, 4) is 5.75 Å². The zero-order valence-corrected chi connectivity index (χ0v) is 12.3. The van der Waals surface area contributed by atoms with Gasteiger partial charge in [0.15, 0.2) is 0 Å². The van der Waals surface area contributed by atoms with Crippen molar-refractivity contribution >= 4 is 17.7 Å². The van der Waals surface area contributed by atoms with E-state index in [4.69, 9.17) is 15.2 Å². The summed E-state index contributed by atoms with van der Waals surface area (Å²) in [4.78, 5) is 11.6. The fraction of sp³-hybridized carbons (Fsp3) is 0.312. The zero-order valence-electron chi connectivity index (χ0n) is 12.3. The lowest BCUT2D eigenvalue weighted by atomic mass is 10.1. The molecule has 5 heteroatoms. The van der Waals surface area contributed by atoms with Crippen molar-refractivity contribution in [3.05, 3.63) is 42.5 Å². The van der Waals surface area contributed by atoms with Gasteiger partial charge in [0, 0.05) is 26.3 Å². The highest BCUT2D eigenvalue weighted by Gasteiger charge is 2.00. The quantitative estimate of drug-likeness (QED) is 0.316. The summed E-state index contributed by atoms with van der Waals surface area (Å²) in [5.74, 6) is 0.465. The van der Waals surface area contributed by atoms with Gasteiger partial charge in [-0.25, -0.2) is 0 Å². The van der Waals surface area contributed by atoms with Crippen LogP contribution >= 0.6 is 0 Å². The predicted molar refractivity (Wildman–Crippen MR) is 85.1 cm³/mol. The molecular weight excluding hydrogens is 268 g/mol. The van der Waals surface area contributed by atoms with Crippen LogP contribution in [0.3, 0.4) is 0 Å². The number of carbonyl (C=O) groups is 1. The van der Waals surface area contributed by atoms with E-state index in [0.717, 1.165) is 12.0 Å². The maximum absolute atomic E-state index is 11.6. The Bertz CT molecular complexity index is 498. The lowest BCUT2D eigenvalue weighted by Crippen LogP contribution is -2.22. The molecule has 0 aromatic heterocycles. The fourth-order valence-corrected chi connectivity index (χ4v) is 1.61. The van der Waals surface area contributed by atoms with E-state index < -0.39 is 0 Å². The molecule has 1 aromatic rings. The van der Waals surface area contributed by atoms with Gasteiger partial charge in [-0.3, -0.25) is 4.79 Å². The second-order valence-corrected chi connectivity index (χ2v) is 4.37. The first-order chi connectivity index (χ1) is 10.2. The molecule has 5 nitrogen and oxygen atoms in total. The van der Waals surface area contributed by atoms with Crippen LogP contribution in [0, 0.1) is 0 Å². The highest BCUT2D eigenvalue weighted by Crippen LogP contribution is 2.23. The molecule has 0 radical (unpaired) electrons. The molecule has 114 valence electrons. The number of methoxy groups -OCH3 is 1. The van der Waals surface area contributed by atoms with Gasteiger partial charge in [0.2, 0.25) is 5.91 Å². The second-order valence-electron chi connectivity index (χ2n) is 4.37. The minimum Gasteiger partial charge on any atom is -0.487 e. The molecular formula is C16H22N2O3. The summed E-state index contributed by atoms with van der Waals surface area (Å²) >= 11 is 0. The van der Waals surface area contributed by atoms with Crippen LogP contribution in [0.4, 0.5) is 5.69 Å². The number of hydrogen-bond donors (Lipinski definition) is 2. The molecule has 0 heterocycles. The van der Waals surface area contributed by atoms with E-state index in [1.165, 1.54) is 6.08 Å². The zero-order chi connectivity index (χ0) is 15.5. The van der Waals surface area contributed by atoms with Crippen LogP contribution in [0.15, 0.2) is 36.9 Å². The third kappa shape index (κ3) is 6.63. The Hall–Kier alpha value is -2.27. The van der Waals surface area contributed by atoms with Crippen LogP contribution in [-0.4, -0.2) is 32.8 Å². The lowest BCUT2D eigenvalue weighted by Gasteiger charge is -2.07. The summed E-state index contributed by atoms with van der Waals surface area (Å²) < 4.78 is 10.3. The molecule has 0 aliphatic carbocycles. The van der Waals surface area contributed by atoms with Crippen molar-refractivity contribution in [1.29, 1.82) is 0 Å². The Labute approximate surface area is 125 Å². The molecule has 3 N–H and O–H groups in total. The molecule has 0 spiro atoms. The lowest BCUT2D eigenvalue weighted by molar-refractivity contribution is -0.116. The van der Waals surface area contributed by atoms with Crippen molar-refractivity contribution in [2.75, 3.05) is 32.6 Å². The van der Waals surface area contributed by atoms with Crippen LogP contribution in [-0.2, 0) is 9.53 Å². The molecule has 1 aromatic carbocycles. The average Bonchev–Trinajstić information content (AvgIpc) is 2.48. The molecule has 0 fully saturated rings. The van der Waals surface area contributed by atoms with Gasteiger partial charge < -0.3 is 20.5 Å². The van der Waals surface area contributed by atoms with Crippen molar-refractivity contribution in [3.63, 3.8) is 0 Å². The van der Waals surface area contributed by atoms with Crippen molar-refractivity contribution in [2.45, 2.75) is 6.42 Å². The first-order valence-corrected chi connectivity index (χ1v) is 6.75. The molecule has 1 amide bonds. The molecule has 0 aliphatic heterocycles. The molecule has 1 rings (SSSR count). The number of nitrogens with two attached hydrogens (primary N) is 1. The van der Waals surface area contributed by atoms with Crippen LogP contribution in [0.2, 0.25) is 0 Å². The van der Waals surface area contributed by atoms with Gasteiger partial charge in [0.1, 0.15) is 12.4 Å². The van der Waals surface area contributed by atoms with E-state index in [1.54, 1.807) is 31.4 Å². The largest absolute Gasteiger partial charge is 0.487 e. The molecule has 0 saturated carbocycles. The number of nitrogen functional groups attached to an aromatic ring is 1. The highest BCUT2D eigenvalue weighted by atomic mass is 16.5. The van der Waals surface area contributed by atoms with Crippen LogP contribution in [0.25, 0.3) is 6.08 Å². The summed E-state index contributed by atoms with van der Waals surface area (Å²) in [6, 6.07) is 5.37. The number of amides is 1. The predicted octanol–water partition coefficient (Wildman–Crippen LogP) is 2.00. The summed E-state index contributed by atoms with van der Waals surface area (Å²) in [6.45, 7) is 5.21. The maximum atomic E-state index is 11.6. The van der Waals surface area contributed by atoms with E-state index in [1.807, 2.05) is 6.07 Å². The van der Waals surface area contributed by atoms with Gasteiger partial charge in [-0.1, -0.05) is 18.7 Å². The van der Waals surface area contributed by atoms with Gasteiger partial charge in [0.05, 0.1) is 5.69 Å². The number of ether oxygens (including phenoxy) is 2. The fourth-order valence-electron chi connectivity index (χ4n) is 1.61. The molecule has 0 aliphatic rings. The molecule has 0 saturated heterocycles. The van der Waals surface area contributed by atoms with Crippen LogP contribution < -0.4 is 15.8 Å². The summed E-state index contributed by atoms with van der Waals surface area (Å²) in [6.07, 6.45) is 5.63. The number of hydrogen-bond acceptors (Lipinski definition) is 4. The van der Waals surface area contributed by atoms with Gasteiger partial charge in [0.25, 0.3) is 0 Å². The minimum atomic E-state index is -0.142. The first kappa shape index (κ1) is 16.8. The van der Waals surface area contributed by atoms with Crippen LogP contribution in [0.1, 0.15) is 12.0 Å². The number of nitrogens with one attached hydrogen (secondary N) is 1. The summed E-state index contributed by atoms with van der Waals surface area (Å²) in [5.41, 5.74) is 7.24. The average molecular weight is 290 g/mol. The van der Waals surface area contributed by atoms with E-state index >= 15 is 0 Å². The van der Waals surface area contributed by atoms with Gasteiger partial charge in [-0.15, -0.1) is 0 Å². The standard InChI is InChI=1S/C16H22N2O3/c1-3-10-21-15-7-5-13(12-14(15)17)6-8-16(19)18-9-4-11-20-2/h3,5-8,12H,1,4,9-11,17H2,2H3,(H,18,19)/b8-6-. The van der Waals surface area contributed by atoms with Crippen molar-refractivity contribution in [2.24, 2.45) is 0 Å². The van der Waals surface area contributed by atoms with E-state index in [0.29, 0.717) is 31.2 Å². The SMILES string of the molecule is C=CCOc1ccc(/C=C\C(=O)NCCCOC)cc1N. The number of anilines is 1. The molecule has 21 heavy (non-hydrogen) atoms. The third-order valence-corrected chi connectivity index (χ3v) is 2.64. The Balaban J connectivity index is 2.50. The minimum absolute atomic E-state index is 0.142. The number of benzene rings is 1. The van der Waals surface area contributed by atoms with E-state index in [2.05, 4.69) is 11.9 Å². The monoisotopic (exact) mass is 290 g/mol. The maximum Gasteiger partial charge on any atom is 0.244 e. The Kier molecular flexibility index (Phi) is 7.68. The second kappa shape index (κ2) is 9.61. The smallest absolute Gasteiger partial charge is 0.244 e. The van der Waals surface area contributed by atoms with Gasteiger partial charge >= 0.3 is 0 Å². The van der Waals surface area contributed by atoms with E-state index in [-0.39, 0.29) is 5.91 Å². The van der Waals surface area contributed by atoms with Crippen molar-refractivity contribution < 1.29 is 14.3 Å².